The van der Waals surface area contributed by atoms with Crippen molar-refractivity contribution in [2.24, 2.45) is 5.92 Å². The smallest absolute Gasteiger partial charge is 0.341 e. The van der Waals surface area contributed by atoms with Gasteiger partial charge in [-0.15, -0.1) is 11.8 Å². The van der Waals surface area contributed by atoms with Crippen LogP contribution < -0.4 is 0 Å². The van der Waals surface area contributed by atoms with E-state index in [-0.39, 0.29) is 0 Å². The molecule has 1 unspecified atom stereocenters. The highest BCUT2D eigenvalue weighted by atomic mass is 32.2. The first-order chi connectivity index (χ1) is 8.52. The Morgan fingerprint density at radius 2 is 2.17 bits per heavy atom. The molecule has 2 aromatic rings. The van der Waals surface area contributed by atoms with Gasteiger partial charge in [0.25, 0.3) is 0 Å². The number of aromatic nitrogens is 4. The first-order valence-corrected chi connectivity index (χ1v) is 5.74. The molecule has 0 aliphatic heterocycles. The van der Waals surface area contributed by atoms with Crippen LogP contribution in [0.15, 0.2) is 17.7 Å². The average molecular weight is 273 g/mol. The summed E-state index contributed by atoms with van der Waals surface area (Å²) in [6.07, 6.45) is -1.92. The van der Waals surface area contributed by atoms with Crippen LogP contribution in [0, 0.1) is 17.2 Å². The minimum atomic E-state index is -4.53. The number of halogens is 3. The summed E-state index contributed by atoms with van der Waals surface area (Å²) in [6, 6.07) is 1.24. The van der Waals surface area contributed by atoms with Crippen molar-refractivity contribution >= 4 is 22.9 Å². The first kappa shape index (κ1) is 12.6. The van der Waals surface area contributed by atoms with Gasteiger partial charge in [-0.25, -0.2) is 15.0 Å². The van der Waals surface area contributed by atoms with Gasteiger partial charge in [-0.05, 0) is 0 Å². The summed E-state index contributed by atoms with van der Waals surface area (Å²) < 4.78 is 37.2. The minimum absolute atomic E-state index is 0.349. The summed E-state index contributed by atoms with van der Waals surface area (Å²) >= 11 is 0.849. The zero-order valence-corrected chi connectivity index (χ0v) is 9.59. The third-order valence-electron chi connectivity index (χ3n) is 2.13. The summed E-state index contributed by atoms with van der Waals surface area (Å²) in [7, 11) is 0. The van der Waals surface area contributed by atoms with Gasteiger partial charge in [0.1, 0.15) is 16.9 Å². The number of H-pyrrole nitrogens is 1. The maximum Gasteiger partial charge on any atom is 0.405 e. The highest BCUT2D eigenvalue weighted by Crippen LogP contribution is 2.31. The fourth-order valence-electron chi connectivity index (χ4n) is 1.22. The SMILES string of the molecule is N#CC(CSc1ncnc2nc[nH]c12)C(F)(F)F. The molecule has 0 bridgehead atoms. The van der Waals surface area contributed by atoms with Gasteiger partial charge in [-0.3, -0.25) is 0 Å². The number of nitrogens with one attached hydrogen (secondary N) is 1. The Bertz CT molecular complexity index is 588. The number of hydrogen-bond donors (Lipinski definition) is 1. The Morgan fingerprint density at radius 3 is 2.83 bits per heavy atom. The van der Waals surface area contributed by atoms with E-state index in [2.05, 4.69) is 19.9 Å². The molecule has 2 aromatic heterocycles. The van der Waals surface area contributed by atoms with Crippen LogP contribution in [0.4, 0.5) is 13.2 Å². The monoisotopic (exact) mass is 273 g/mol. The van der Waals surface area contributed by atoms with Crippen LogP contribution >= 0.6 is 11.8 Å². The number of imidazole rings is 1. The van der Waals surface area contributed by atoms with Gasteiger partial charge in [0.2, 0.25) is 0 Å². The predicted octanol–water partition coefficient (Wildman–Crippen LogP) is 2.15. The van der Waals surface area contributed by atoms with Crippen LogP contribution in [0.3, 0.4) is 0 Å². The van der Waals surface area contributed by atoms with Crippen LogP contribution in [0.1, 0.15) is 0 Å². The highest BCUT2D eigenvalue weighted by Gasteiger charge is 2.39. The first-order valence-electron chi connectivity index (χ1n) is 4.75. The lowest BCUT2D eigenvalue weighted by atomic mass is 10.2. The Balaban J connectivity index is 2.15. The molecule has 0 spiro atoms. The van der Waals surface area contributed by atoms with Gasteiger partial charge in [-0.2, -0.15) is 18.4 Å². The fraction of sp³-hybridized carbons (Fsp3) is 0.333. The molecule has 5 nitrogen and oxygen atoms in total. The van der Waals surface area contributed by atoms with E-state index in [1.165, 1.54) is 18.7 Å². The van der Waals surface area contributed by atoms with E-state index in [9.17, 15) is 13.2 Å². The second kappa shape index (κ2) is 4.81. The van der Waals surface area contributed by atoms with Crippen LogP contribution in [-0.4, -0.2) is 31.9 Å². The summed E-state index contributed by atoms with van der Waals surface area (Å²) in [5, 5.41) is 8.83. The zero-order chi connectivity index (χ0) is 13.2. The quantitative estimate of drug-likeness (QED) is 0.684. The van der Waals surface area contributed by atoms with Gasteiger partial charge in [0.05, 0.1) is 12.4 Å². The predicted molar refractivity (Wildman–Crippen MR) is 57.6 cm³/mol. The lowest BCUT2D eigenvalue weighted by Crippen LogP contribution is -2.23. The van der Waals surface area contributed by atoms with Crippen molar-refractivity contribution < 1.29 is 13.2 Å². The van der Waals surface area contributed by atoms with E-state index < -0.39 is 17.8 Å². The molecule has 0 saturated carbocycles. The molecular weight excluding hydrogens is 267 g/mol. The highest BCUT2D eigenvalue weighted by molar-refractivity contribution is 7.99. The van der Waals surface area contributed by atoms with Gasteiger partial charge in [-0.1, -0.05) is 0 Å². The molecule has 18 heavy (non-hydrogen) atoms. The second-order valence-corrected chi connectivity index (χ2v) is 4.32. The lowest BCUT2D eigenvalue weighted by Gasteiger charge is -2.12. The fourth-order valence-corrected chi connectivity index (χ4v) is 2.22. The Morgan fingerprint density at radius 1 is 1.39 bits per heavy atom. The summed E-state index contributed by atoms with van der Waals surface area (Å²) in [5.74, 6) is -2.43. The van der Waals surface area contributed by atoms with Crippen LogP contribution in [0.25, 0.3) is 11.2 Å². The molecule has 0 aromatic carbocycles. The number of hydrogen-bond acceptors (Lipinski definition) is 5. The number of thioether (sulfide) groups is 1. The van der Waals surface area contributed by atoms with E-state index >= 15 is 0 Å². The normalized spacial score (nSPS) is 13.4. The summed E-state index contributed by atoms with van der Waals surface area (Å²) in [4.78, 5) is 14.3. The van der Waals surface area contributed by atoms with E-state index in [4.69, 9.17) is 5.26 Å². The molecule has 1 N–H and O–H groups in total. The third kappa shape index (κ3) is 2.53. The molecule has 2 heterocycles. The standard InChI is InChI=1S/C9H6F3N5S/c10-9(11,12)5(1-13)2-18-8-6-7(15-3-14-6)16-4-17-8/h3-5H,2H2,(H,14,15,16,17). The van der Waals surface area contributed by atoms with Gasteiger partial charge < -0.3 is 4.98 Å². The Hall–Kier alpha value is -1.82. The van der Waals surface area contributed by atoms with Crippen LogP contribution in [0.2, 0.25) is 0 Å². The number of rotatable bonds is 3. The molecule has 2 rings (SSSR count). The van der Waals surface area contributed by atoms with Gasteiger partial charge >= 0.3 is 6.18 Å². The molecule has 9 heteroatoms. The van der Waals surface area contributed by atoms with Crippen molar-refractivity contribution in [1.82, 2.24) is 19.9 Å². The molecule has 0 aliphatic carbocycles. The number of nitriles is 1. The summed E-state index contributed by atoms with van der Waals surface area (Å²) in [6.45, 7) is 0. The second-order valence-electron chi connectivity index (χ2n) is 3.31. The van der Waals surface area contributed by atoms with Crippen LogP contribution in [0.5, 0.6) is 0 Å². The number of aromatic amines is 1. The number of fused-ring (bicyclic) bond motifs is 1. The molecule has 0 amide bonds. The van der Waals surface area contributed by atoms with Crippen molar-refractivity contribution in [3.05, 3.63) is 12.7 Å². The van der Waals surface area contributed by atoms with Crippen molar-refractivity contribution in [2.45, 2.75) is 11.2 Å². The van der Waals surface area contributed by atoms with Crippen molar-refractivity contribution in [1.29, 1.82) is 5.26 Å². The topological polar surface area (TPSA) is 78.2 Å². The van der Waals surface area contributed by atoms with Crippen molar-refractivity contribution in [2.75, 3.05) is 5.75 Å². The molecule has 94 valence electrons. The van der Waals surface area contributed by atoms with Crippen molar-refractivity contribution in [3.8, 4) is 6.07 Å². The Kier molecular flexibility index (Phi) is 3.38. The number of alkyl halides is 3. The maximum absolute atomic E-state index is 12.4. The van der Waals surface area contributed by atoms with Crippen molar-refractivity contribution in [3.63, 3.8) is 0 Å². The Labute approximate surface area is 103 Å². The molecular formula is C9H6F3N5S. The summed E-state index contributed by atoms with van der Waals surface area (Å²) in [5.41, 5.74) is 0.856. The largest absolute Gasteiger partial charge is 0.405 e. The van der Waals surface area contributed by atoms with E-state index in [0.717, 1.165) is 11.8 Å². The maximum atomic E-state index is 12.4. The van der Waals surface area contributed by atoms with E-state index in [1.54, 1.807) is 0 Å². The van der Waals surface area contributed by atoms with Crippen LogP contribution in [-0.2, 0) is 0 Å². The molecule has 0 fully saturated rings. The number of nitrogens with zero attached hydrogens (tertiary/aromatic N) is 4. The molecule has 0 radical (unpaired) electrons. The van der Waals surface area contributed by atoms with Gasteiger partial charge in [0, 0.05) is 5.75 Å². The zero-order valence-electron chi connectivity index (χ0n) is 8.77. The van der Waals surface area contributed by atoms with Gasteiger partial charge in [0.15, 0.2) is 11.6 Å². The average Bonchev–Trinajstić information content (AvgIpc) is 2.76. The van der Waals surface area contributed by atoms with E-state index in [0.29, 0.717) is 16.2 Å². The third-order valence-corrected chi connectivity index (χ3v) is 3.21. The minimum Gasteiger partial charge on any atom is -0.341 e. The van der Waals surface area contributed by atoms with E-state index in [1.807, 2.05) is 0 Å². The molecule has 0 saturated heterocycles. The molecule has 0 aliphatic rings. The molecule has 1 atom stereocenters. The lowest BCUT2D eigenvalue weighted by molar-refractivity contribution is -0.152.